The average molecular weight is 645 g/mol. The molecule has 252 valence electrons. The molecule has 2 aromatic carbocycles. The predicted octanol–water partition coefficient (Wildman–Crippen LogP) is 3.25. The number of halogens is 2. The van der Waals surface area contributed by atoms with Crippen molar-refractivity contribution in [3.8, 4) is 0 Å². The summed E-state index contributed by atoms with van der Waals surface area (Å²) in [6.07, 6.45) is 3.32. The zero-order chi connectivity index (χ0) is 33.2. The Bertz CT molecular complexity index is 1260. The third-order valence-electron chi connectivity index (χ3n) is 9.28. The molecule has 2 aromatic rings. The highest BCUT2D eigenvalue weighted by Crippen LogP contribution is 2.27. The number of benzene rings is 2. The molecule has 12 heteroatoms. The molecule has 0 spiro atoms. The van der Waals surface area contributed by atoms with Gasteiger partial charge in [0.05, 0.1) is 11.8 Å². The number of hydrogen-bond donors (Lipinski definition) is 6. The lowest BCUT2D eigenvalue weighted by Crippen LogP contribution is -2.30. The molecule has 5 unspecified atom stereocenters. The Hall–Kier alpha value is -3.45. The van der Waals surface area contributed by atoms with Crippen LogP contribution in [0.15, 0.2) is 36.4 Å². The summed E-state index contributed by atoms with van der Waals surface area (Å²) in [5.41, 5.74) is 8.14. The van der Waals surface area contributed by atoms with Crippen LogP contribution in [0, 0.1) is 35.3 Å². The lowest BCUT2D eigenvalue weighted by molar-refractivity contribution is -0.144. The van der Waals surface area contributed by atoms with Gasteiger partial charge in [0.2, 0.25) is 0 Å². The van der Waals surface area contributed by atoms with Gasteiger partial charge in [0.15, 0.2) is 0 Å². The predicted molar refractivity (Wildman–Crippen MR) is 168 cm³/mol. The molecule has 10 nitrogen and oxygen atoms in total. The maximum atomic E-state index is 14.9. The fourth-order valence-electron chi connectivity index (χ4n) is 6.87. The van der Waals surface area contributed by atoms with Crippen LogP contribution in [0.3, 0.4) is 0 Å². The van der Waals surface area contributed by atoms with Crippen molar-refractivity contribution >= 4 is 17.9 Å². The fraction of sp³-hybridized carbons (Fsp3) is 0.559. The highest BCUT2D eigenvalue weighted by atomic mass is 19.1. The first-order chi connectivity index (χ1) is 22.0. The molecule has 2 aliphatic rings. The van der Waals surface area contributed by atoms with Crippen molar-refractivity contribution in [2.75, 3.05) is 32.7 Å². The Morgan fingerprint density at radius 3 is 1.59 bits per heavy atom. The zero-order valence-electron chi connectivity index (χ0n) is 26.1. The summed E-state index contributed by atoms with van der Waals surface area (Å²) in [7, 11) is 0. The molecule has 2 aliphatic heterocycles. The summed E-state index contributed by atoms with van der Waals surface area (Å²) in [5.74, 6) is -5.17. The first kappa shape index (κ1) is 35.4. The number of nitrogens with one attached hydrogen (secondary N) is 2. The fourth-order valence-corrected chi connectivity index (χ4v) is 6.87. The highest BCUT2D eigenvalue weighted by molar-refractivity contribution is 5.73. The minimum Gasteiger partial charge on any atom is -0.481 e. The van der Waals surface area contributed by atoms with E-state index in [0.29, 0.717) is 54.7 Å². The van der Waals surface area contributed by atoms with E-state index in [2.05, 4.69) is 10.6 Å². The number of rotatable bonds is 18. The van der Waals surface area contributed by atoms with Crippen LogP contribution in [-0.2, 0) is 40.3 Å². The summed E-state index contributed by atoms with van der Waals surface area (Å²) in [6.45, 7) is 3.79. The van der Waals surface area contributed by atoms with E-state index >= 15 is 0 Å². The molecule has 0 aliphatic carbocycles. The summed E-state index contributed by atoms with van der Waals surface area (Å²) >= 11 is 0. The van der Waals surface area contributed by atoms with Gasteiger partial charge in [-0.1, -0.05) is 18.6 Å². The van der Waals surface area contributed by atoms with Crippen molar-refractivity contribution in [1.82, 2.24) is 15.5 Å². The molecule has 46 heavy (non-hydrogen) atoms. The Labute approximate surface area is 268 Å². The molecule has 0 saturated carbocycles. The van der Waals surface area contributed by atoms with Gasteiger partial charge in [-0.05, 0) is 130 Å². The summed E-state index contributed by atoms with van der Waals surface area (Å²) < 4.78 is 29.8. The molecule has 0 radical (unpaired) electrons. The Kier molecular flexibility index (Phi) is 13.0. The molecule has 7 N–H and O–H groups in total. The molecule has 0 bridgehead atoms. The van der Waals surface area contributed by atoms with Gasteiger partial charge in [0.25, 0.3) is 0 Å². The number of carboxylic acid groups (broad SMARTS) is 3. The highest BCUT2D eigenvalue weighted by Gasteiger charge is 2.32. The van der Waals surface area contributed by atoms with Crippen LogP contribution in [0.25, 0.3) is 0 Å². The van der Waals surface area contributed by atoms with E-state index in [1.54, 1.807) is 0 Å². The smallest absolute Gasteiger partial charge is 0.320 e. The van der Waals surface area contributed by atoms with Crippen LogP contribution in [0.5, 0.6) is 0 Å². The van der Waals surface area contributed by atoms with Crippen LogP contribution >= 0.6 is 0 Å². The number of carbonyl (C=O) groups is 3. The van der Waals surface area contributed by atoms with Crippen LogP contribution in [-0.4, -0.2) is 76.9 Å². The number of unbranched alkanes of at least 4 members (excludes halogenated alkanes) is 1. The quantitative estimate of drug-likeness (QED) is 0.133. The van der Waals surface area contributed by atoms with E-state index in [9.17, 15) is 33.4 Å². The maximum Gasteiger partial charge on any atom is 0.320 e. The van der Waals surface area contributed by atoms with Crippen LogP contribution in [0.1, 0.15) is 54.4 Å². The second-order valence-corrected chi connectivity index (χ2v) is 12.9. The molecule has 2 fully saturated rings. The molecule has 0 aromatic heterocycles. The lowest BCUT2D eigenvalue weighted by Gasteiger charge is -2.24. The maximum absolute atomic E-state index is 14.9. The Morgan fingerprint density at radius 1 is 0.739 bits per heavy atom. The van der Waals surface area contributed by atoms with Gasteiger partial charge >= 0.3 is 17.9 Å². The number of hydrogen-bond acceptors (Lipinski definition) is 7. The van der Waals surface area contributed by atoms with E-state index in [4.69, 9.17) is 10.8 Å². The van der Waals surface area contributed by atoms with Crippen molar-refractivity contribution in [1.29, 1.82) is 0 Å². The molecule has 2 heterocycles. The normalized spacial score (nSPS) is 20.1. The van der Waals surface area contributed by atoms with Crippen LogP contribution in [0.2, 0.25) is 0 Å². The van der Waals surface area contributed by atoms with Crippen molar-refractivity contribution in [3.05, 3.63) is 70.3 Å². The summed E-state index contributed by atoms with van der Waals surface area (Å²) in [4.78, 5) is 37.3. The standard InChI is InChI=1S/C34H46F2N4O6/c35-27-11-21(15-29(32(41)42)25-4-6-38-17-25)9-23(13-27)19-40(8-2-1-3-31(37)34(45)46)20-24-10-22(12-28(36)14-24)16-30(33(43)44)26-5-7-39-18-26/h9-14,25-26,29-31,38-39H,1-8,15-20,37H2,(H,41,42)(H,43,44)(H,45,46). The SMILES string of the molecule is NC(CCCCN(Cc1cc(F)cc(CC(C(=O)O)C2CCNC2)c1)Cc1cc(F)cc(CC(C(=O)O)C2CCNC2)c1)C(=O)O. The average Bonchev–Trinajstić information content (AvgIpc) is 3.71. The lowest BCUT2D eigenvalue weighted by atomic mass is 9.85. The first-order valence-corrected chi connectivity index (χ1v) is 16.1. The number of aliphatic carboxylic acids is 3. The minimum atomic E-state index is -1.07. The molecule has 2 saturated heterocycles. The topological polar surface area (TPSA) is 165 Å². The van der Waals surface area contributed by atoms with Gasteiger partial charge in [-0.3, -0.25) is 19.3 Å². The van der Waals surface area contributed by atoms with E-state index in [0.717, 1.165) is 25.9 Å². The van der Waals surface area contributed by atoms with Crippen molar-refractivity contribution in [2.24, 2.45) is 29.4 Å². The number of carboxylic acids is 3. The molecule has 4 rings (SSSR count). The largest absolute Gasteiger partial charge is 0.481 e. The first-order valence-electron chi connectivity index (χ1n) is 16.1. The van der Waals surface area contributed by atoms with Gasteiger partial charge in [0.1, 0.15) is 17.7 Å². The number of nitrogens with two attached hydrogens (primary N) is 1. The Morgan fingerprint density at radius 2 is 1.20 bits per heavy atom. The summed E-state index contributed by atoms with van der Waals surface area (Å²) in [6, 6.07) is 8.23. The summed E-state index contributed by atoms with van der Waals surface area (Å²) in [5, 5.41) is 35.3. The third kappa shape index (κ3) is 10.5. The van der Waals surface area contributed by atoms with Crippen molar-refractivity contribution in [3.63, 3.8) is 0 Å². The van der Waals surface area contributed by atoms with Gasteiger partial charge in [-0.25, -0.2) is 8.78 Å². The van der Waals surface area contributed by atoms with E-state index in [-0.39, 0.29) is 44.2 Å². The Balaban J connectivity index is 1.52. The zero-order valence-corrected chi connectivity index (χ0v) is 26.1. The van der Waals surface area contributed by atoms with Gasteiger partial charge in [-0.15, -0.1) is 0 Å². The molecule has 5 atom stereocenters. The van der Waals surface area contributed by atoms with Gasteiger partial charge in [0, 0.05) is 13.1 Å². The second-order valence-electron chi connectivity index (χ2n) is 12.9. The minimum absolute atomic E-state index is 0.0364. The number of nitrogens with zero attached hydrogens (tertiary/aromatic N) is 1. The molecule has 0 amide bonds. The van der Waals surface area contributed by atoms with E-state index < -0.39 is 47.4 Å². The second kappa shape index (κ2) is 16.9. The van der Waals surface area contributed by atoms with Crippen LogP contribution in [0.4, 0.5) is 8.78 Å². The molecular weight excluding hydrogens is 598 g/mol. The van der Waals surface area contributed by atoms with Crippen molar-refractivity contribution in [2.45, 2.75) is 64.1 Å². The van der Waals surface area contributed by atoms with Crippen LogP contribution < -0.4 is 16.4 Å². The van der Waals surface area contributed by atoms with Crippen molar-refractivity contribution < 1.29 is 38.5 Å². The monoisotopic (exact) mass is 644 g/mol. The van der Waals surface area contributed by atoms with Gasteiger partial charge in [-0.2, -0.15) is 0 Å². The van der Waals surface area contributed by atoms with E-state index in [1.807, 2.05) is 17.0 Å². The molecular formula is C34H46F2N4O6. The van der Waals surface area contributed by atoms with E-state index in [1.165, 1.54) is 24.3 Å². The van der Waals surface area contributed by atoms with Gasteiger partial charge < -0.3 is 31.7 Å². The third-order valence-corrected chi connectivity index (χ3v) is 9.28.